The van der Waals surface area contributed by atoms with Gasteiger partial charge in [0.15, 0.2) is 0 Å². The number of hydrogen-bond donors (Lipinski definition) is 0. The SMILES string of the molecule is C[C@@H]([C@@H]1CCCN1CCS(C)(=O)=O)N(c1cc(Cl)ccc1Cl)S(=O)(=O)c1ccc(Cl)cc1. The third-order valence-electron chi connectivity index (χ3n) is 5.61. The molecule has 0 radical (unpaired) electrons. The summed E-state index contributed by atoms with van der Waals surface area (Å²) >= 11 is 18.6. The van der Waals surface area contributed by atoms with Gasteiger partial charge in [-0.05, 0) is 68.8 Å². The van der Waals surface area contributed by atoms with Crippen molar-refractivity contribution in [3.8, 4) is 0 Å². The van der Waals surface area contributed by atoms with Gasteiger partial charge in [0, 0.05) is 28.9 Å². The Kier molecular flexibility index (Phi) is 8.06. The van der Waals surface area contributed by atoms with E-state index in [1.165, 1.54) is 40.9 Å². The van der Waals surface area contributed by atoms with E-state index in [1.807, 2.05) is 11.8 Å². The van der Waals surface area contributed by atoms with Gasteiger partial charge in [-0.2, -0.15) is 0 Å². The van der Waals surface area contributed by atoms with Crippen LogP contribution in [0.1, 0.15) is 19.8 Å². The molecular formula is C21H25Cl3N2O4S2. The van der Waals surface area contributed by atoms with E-state index in [0.29, 0.717) is 23.1 Å². The van der Waals surface area contributed by atoms with Crippen molar-refractivity contribution in [3.63, 3.8) is 0 Å². The normalized spacial score (nSPS) is 18.6. The fourth-order valence-electron chi connectivity index (χ4n) is 4.06. The number of anilines is 1. The van der Waals surface area contributed by atoms with Crippen molar-refractivity contribution < 1.29 is 16.8 Å². The molecule has 1 fully saturated rings. The molecular weight excluding hydrogens is 515 g/mol. The Morgan fingerprint density at radius 3 is 2.28 bits per heavy atom. The van der Waals surface area contributed by atoms with Gasteiger partial charge in [0.2, 0.25) is 0 Å². The molecule has 0 saturated carbocycles. The Morgan fingerprint density at radius 2 is 1.66 bits per heavy atom. The summed E-state index contributed by atoms with van der Waals surface area (Å²) in [4.78, 5) is 2.11. The number of benzene rings is 2. The van der Waals surface area contributed by atoms with Crippen molar-refractivity contribution in [3.05, 3.63) is 57.5 Å². The second kappa shape index (κ2) is 10.1. The van der Waals surface area contributed by atoms with Crippen LogP contribution in [0.15, 0.2) is 47.4 Å². The average Bonchev–Trinajstić information content (AvgIpc) is 3.17. The Labute approximate surface area is 205 Å². The third kappa shape index (κ3) is 5.90. The molecule has 1 aliphatic rings. The van der Waals surface area contributed by atoms with Gasteiger partial charge in [-0.15, -0.1) is 0 Å². The number of rotatable bonds is 8. The van der Waals surface area contributed by atoms with Crippen molar-refractivity contribution in [2.75, 3.05) is 29.4 Å². The van der Waals surface area contributed by atoms with Gasteiger partial charge in [-0.25, -0.2) is 16.8 Å². The summed E-state index contributed by atoms with van der Waals surface area (Å²) in [5, 5.41) is 1.03. The van der Waals surface area contributed by atoms with Crippen LogP contribution in [0, 0.1) is 0 Å². The fraction of sp³-hybridized carbons (Fsp3) is 0.429. The molecule has 1 saturated heterocycles. The summed E-state index contributed by atoms with van der Waals surface area (Å²) in [6, 6.07) is 9.91. The first-order chi connectivity index (χ1) is 14.9. The van der Waals surface area contributed by atoms with Crippen LogP contribution in [0.25, 0.3) is 0 Å². The Hall–Kier alpha value is -1.03. The lowest BCUT2D eigenvalue weighted by Crippen LogP contribution is -2.51. The van der Waals surface area contributed by atoms with Crippen LogP contribution in [-0.2, 0) is 19.9 Å². The average molecular weight is 540 g/mol. The molecule has 1 aliphatic heterocycles. The lowest BCUT2D eigenvalue weighted by Gasteiger charge is -2.38. The summed E-state index contributed by atoms with van der Waals surface area (Å²) in [5.41, 5.74) is 0.275. The van der Waals surface area contributed by atoms with Gasteiger partial charge < -0.3 is 0 Å². The molecule has 32 heavy (non-hydrogen) atoms. The maximum Gasteiger partial charge on any atom is 0.264 e. The van der Waals surface area contributed by atoms with E-state index in [2.05, 4.69) is 0 Å². The number of likely N-dealkylation sites (tertiary alicyclic amines) is 1. The highest BCUT2D eigenvalue weighted by Crippen LogP contribution is 2.37. The molecule has 0 aromatic heterocycles. The number of nitrogens with zero attached hydrogens (tertiary/aromatic N) is 2. The Bertz CT molecular complexity index is 1170. The van der Waals surface area contributed by atoms with Crippen LogP contribution in [0.3, 0.4) is 0 Å². The standard InChI is InChI=1S/C21H25Cl3N2O4S2/c1-15(20-4-3-11-25(20)12-13-31(2,27)28)26(21-14-17(23)7-10-19(21)24)32(29,30)18-8-5-16(22)6-9-18/h5-10,14-15,20H,3-4,11-13H2,1-2H3/t15-,20-/m0/s1. The minimum absolute atomic E-state index is 0.0120. The molecule has 0 spiro atoms. The molecule has 2 atom stereocenters. The minimum atomic E-state index is -4.03. The van der Waals surface area contributed by atoms with E-state index in [-0.39, 0.29) is 27.4 Å². The van der Waals surface area contributed by atoms with Gasteiger partial charge in [-0.1, -0.05) is 34.8 Å². The molecule has 176 valence electrons. The number of sulfonamides is 1. The topological polar surface area (TPSA) is 74.8 Å². The monoisotopic (exact) mass is 538 g/mol. The Balaban J connectivity index is 2.06. The number of halogens is 3. The highest BCUT2D eigenvalue weighted by Gasteiger charge is 2.39. The first kappa shape index (κ1) is 25.6. The molecule has 1 heterocycles. The summed E-state index contributed by atoms with van der Waals surface area (Å²) in [6.45, 7) is 2.85. The van der Waals surface area contributed by atoms with Crippen LogP contribution in [-0.4, -0.2) is 58.9 Å². The highest BCUT2D eigenvalue weighted by atomic mass is 35.5. The first-order valence-electron chi connectivity index (χ1n) is 10.1. The molecule has 3 rings (SSSR count). The van der Waals surface area contributed by atoms with Crippen LogP contribution >= 0.6 is 34.8 Å². The minimum Gasteiger partial charge on any atom is -0.297 e. The summed E-state index contributed by atoms with van der Waals surface area (Å²) in [5.74, 6) is 0.0120. The van der Waals surface area contributed by atoms with E-state index in [4.69, 9.17) is 34.8 Å². The second-order valence-electron chi connectivity index (χ2n) is 7.97. The predicted octanol–water partition coefficient (Wildman–Crippen LogP) is 4.74. The lowest BCUT2D eigenvalue weighted by atomic mass is 10.1. The first-order valence-corrected chi connectivity index (χ1v) is 14.7. The van der Waals surface area contributed by atoms with E-state index in [1.54, 1.807) is 12.1 Å². The molecule has 0 aliphatic carbocycles. The zero-order chi connectivity index (χ0) is 23.7. The maximum atomic E-state index is 13.8. The van der Waals surface area contributed by atoms with E-state index in [9.17, 15) is 16.8 Å². The summed E-state index contributed by atoms with van der Waals surface area (Å²) < 4.78 is 52.3. The van der Waals surface area contributed by atoms with Crippen molar-refractivity contribution in [1.82, 2.24) is 4.90 Å². The molecule has 0 unspecified atom stereocenters. The quantitative estimate of drug-likeness (QED) is 0.484. The van der Waals surface area contributed by atoms with Crippen molar-refractivity contribution in [1.29, 1.82) is 0 Å². The van der Waals surface area contributed by atoms with Crippen molar-refractivity contribution in [2.24, 2.45) is 0 Å². The summed E-state index contributed by atoms with van der Waals surface area (Å²) in [7, 11) is -7.17. The maximum absolute atomic E-state index is 13.8. The van der Waals surface area contributed by atoms with Crippen LogP contribution in [0.2, 0.25) is 15.1 Å². The predicted molar refractivity (Wildman–Crippen MR) is 131 cm³/mol. The lowest BCUT2D eigenvalue weighted by molar-refractivity contribution is 0.244. The molecule has 2 aromatic rings. The molecule has 11 heteroatoms. The van der Waals surface area contributed by atoms with E-state index < -0.39 is 25.9 Å². The number of hydrogen-bond acceptors (Lipinski definition) is 5. The smallest absolute Gasteiger partial charge is 0.264 e. The van der Waals surface area contributed by atoms with Crippen LogP contribution in [0.5, 0.6) is 0 Å². The fourth-order valence-corrected chi connectivity index (χ4v) is 6.87. The third-order valence-corrected chi connectivity index (χ3v) is 9.25. The van der Waals surface area contributed by atoms with Gasteiger partial charge >= 0.3 is 0 Å². The molecule has 2 aromatic carbocycles. The van der Waals surface area contributed by atoms with Gasteiger partial charge in [0.25, 0.3) is 10.0 Å². The number of sulfone groups is 1. The van der Waals surface area contributed by atoms with Crippen molar-refractivity contribution >= 4 is 60.4 Å². The molecule has 6 nitrogen and oxygen atoms in total. The van der Waals surface area contributed by atoms with E-state index in [0.717, 1.165) is 12.8 Å². The zero-order valence-electron chi connectivity index (χ0n) is 17.7. The zero-order valence-corrected chi connectivity index (χ0v) is 21.6. The Morgan fingerprint density at radius 1 is 1.03 bits per heavy atom. The molecule has 0 N–H and O–H groups in total. The molecule has 0 bridgehead atoms. The van der Waals surface area contributed by atoms with Crippen LogP contribution in [0.4, 0.5) is 5.69 Å². The highest BCUT2D eigenvalue weighted by molar-refractivity contribution is 7.93. The second-order valence-corrected chi connectivity index (χ2v) is 13.3. The molecule has 0 amide bonds. The van der Waals surface area contributed by atoms with Gasteiger partial charge in [0.05, 0.1) is 27.4 Å². The van der Waals surface area contributed by atoms with Crippen molar-refractivity contribution in [2.45, 2.75) is 36.7 Å². The van der Waals surface area contributed by atoms with Gasteiger partial charge in [0.1, 0.15) is 9.84 Å². The van der Waals surface area contributed by atoms with Crippen LogP contribution < -0.4 is 4.31 Å². The summed E-state index contributed by atoms with van der Waals surface area (Å²) in [6.07, 6.45) is 2.77. The van der Waals surface area contributed by atoms with E-state index >= 15 is 0 Å². The van der Waals surface area contributed by atoms with Gasteiger partial charge in [-0.3, -0.25) is 9.21 Å². The largest absolute Gasteiger partial charge is 0.297 e.